The van der Waals surface area contributed by atoms with Gasteiger partial charge in [0.15, 0.2) is 6.29 Å². The van der Waals surface area contributed by atoms with Crippen LogP contribution in [0.2, 0.25) is 0 Å². The van der Waals surface area contributed by atoms with Gasteiger partial charge in [-0.15, -0.1) is 0 Å². The Morgan fingerprint density at radius 2 is 1.22 bits per heavy atom. The first-order valence-corrected chi connectivity index (χ1v) is 6.94. The first-order chi connectivity index (χ1) is 7.58. The number of aliphatic hydroxyl groups is 1. The molecule has 2 nitrogen and oxygen atoms in total. The third kappa shape index (κ3) is 5.27. The smallest absolute Gasteiger partial charge is 0.161 e. The van der Waals surface area contributed by atoms with E-state index in [0.29, 0.717) is 0 Å². The molecule has 0 radical (unpaired) electrons. The maximum Gasteiger partial charge on any atom is 0.161 e. The molecule has 0 saturated carbocycles. The Hall–Kier alpha value is -0.0800. The van der Waals surface area contributed by atoms with Gasteiger partial charge < -0.3 is 9.84 Å². The highest BCUT2D eigenvalue weighted by Crippen LogP contribution is 2.49. The van der Waals surface area contributed by atoms with Crippen LogP contribution in [0.1, 0.15) is 75.7 Å². The van der Waals surface area contributed by atoms with Crippen LogP contribution >= 0.6 is 0 Å². The van der Waals surface area contributed by atoms with Gasteiger partial charge in [-0.1, -0.05) is 48.5 Å². The summed E-state index contributed by atoms with van der Waals surface area (Å²) in [6.07, 6.45) is 0.164. The summed E-state index contributed by atoms with van der Waals surface area (Å²) in [5.74, 6) is 0. The average Bonchev–Trinajstić information content (AvgIpc) is 1.94. The molecule has 2 heteroatoms. The molecule has 0 rings (SSSR count). The molecule has 0 aliphatic carbocycles. The second-order valence-corrected chi connectivity index (χ2v) is 8.99. The van der Waals surface area contributed by atoms with Crippen molar-refractivity contribution in [3.8, 4) is 0 Å². The third-order valence-electron chi connectivity index (χ3n) is 3.62. The third-order valence-corrected chi connectivity index (χ3v) is 3.62. The summed E-state index contributed by atoms with van der Waals surface area (Å²) in [5.41, 5.74) is -0.475. The first kappa shape index (κ1) is 17.9. The molecule has 18 heavy (non-hydrogen) atoms. The van der Waals surface area contributed by atoms with E-state index >= 15 is 0 Å². The summed E-state index contributed by atoms with van der Waals surface area (Å²) in [6, 6.07) is 0. The van der Waals surface area contributed by atoms with Crippen LogP contribution in [0.15, 0.2) is 0 Å². The Balaban J connectivity index is 5.24. The van der Waals surface area contributed by atoms with E-state index in [-0.39, 0.29) is 21.8 Å². The lowest BCUT2D eigenvalue weighted by atomic mass is 9.61. The monoisotopic (exact) mass is 258 g/mol. The molecule has 0 amide bonds. The Labute approximate surface area is 114 Å². The van der Waals surface area contributed by atoms with Crippen LogP contribution in [0, 0.1) is 16.2 Å². The van der Waals surface area contributed by atoms with Crippen molar-refractivity contribution >= 4 is 0 Å². The minimum absolute atomic E-state index is 0.0229. The molecular weight excluding hydrogens is 224 g/mol. The van der Waals surface area contributed by atoms with E-state index in [1.165, 1.54) is 0 Å². The lowest BCUT2D eigenvalue weighted by Gasteiger charge is -2.49. The van der Waals surface area contributed by atoms with Gasteiger partial charge in [0.05, 0.1) is 5.60 Å². The number of hydrogen-bond acceptors (Lipinski definition) is 2. The molecule has 0 aliphatic rings. The lowest BCUT2D eigenvalue weighted by Crippen LogP contribution is -2.49. The van der Waals surface area contributed by atoms with Crippen LogP contribution in [0.25, 0.3) is 0 Å². The summed E-state index contributed by atoms with van der Waals surface area (Å²) in [6.45, 7) is 21.2. The van der Waals surface area contributed by atoms with Crippen molar-refractivity contribution < 1.29 is 9.84 Å². The average molecular weight is 258 g/mol. The topological polar surface area (TPSA) is 29.5 Å². The van der Waals surface area contributed by atoms with Crippen molar-refractivity contribution in [3.63, 3.8) is 0 Å². The van der Waals surface area contributed by atoms with Gasteiger partial charge in [-0.3, -0.25) is 0 Å². The standard InChI is InChI=1S/C16H34O2/c1-13(2,3)11-16(10,14(4,5)6)12(17)18-15(7,8)9/h12,17H,11H2,1-10H3. The fraction of sp³-hybridized carbons (Fsp3) is 1.00. The van der Waals surface area contributed by atoms with E-state index < -0.39 is 6.29 Å². The molecule has 0 heterocycles. The van der Waals surface area contributed by atoms with Crippen molar-refractivity contribution in [3.05, 3.63) is 0 Å². The fourth-order valence-electron chi connectivity index (χ4n) is 2.29. The molecule has 0 spiro atoms. The minimum atomic E-state index is -0.753. The van der Waals surface area contributed by atoms with Crippen LogP contribution in [0.3, 0.4) is 0 Å². The van der Waals surface area contributed by atoms with Gasteiger partial charge in [-0.2, -0.15) is 0 Å². The molecule has 0 aromatic heterocycles. The molecular formula is C16H34O2. The van der Waals surface area contributed by atoms with Crippen LogP contribution in [0.5, 0.6) is 0 Å². The molecule has 0 bridgehead atoms. The van der Waals surface area contributed by atoms with E-state index in [1.807, 2.05) is 20.8 Å². The summed E-state index contributed by atoms with van der Waals surface area (Å²) in [4.78, 5) is 0. The SMILES string of the molecule is CC(C)(C)CC(C)(C(O)OC(C)(C)C)C(C)(C)C. The predicted molar refractivity (Wildman–Crippen MR) is 78.5 cm³/mol. The highest BCUT2D eigenvalue weighted by atomic mass is 16.6. The normalized spacial score (nSPS) is 19.5. The Morgan fingerprint density at radius 3 is 1.44 bits per heavy atom. The maximum absolute atomic E-state index is 10.6. The van der Waals surface area contributed by atoms with Gasteiger partial charge in [0, 0.05) is 5.41 Å². The Morgan fingerprint density at radius 1 is 0.833 bits per heavy atom. The van der Waals surface area contributed by atoms with E-state index in [9.17, 15) is 5.11 Å². The van der Waals surface area contributed by atoms with Gasteiger partial charge in [0.1, 0.15) is 0 Å². The summed E-state index contributed by atoms with van der Waals surface area (Å²) < 4.78 is 5.83. The molecule has 1 N–H and O–H groups in total. The maximum atomic E-state index is 10.6. The van der Waals surface area contributed by atoms with Crippen molar-refractivity contribution in [2.24, 2.45) is 16.2 Å². The second kappa shape index (κ2) is 5.13. The predicted octanol–water partition coefficient (Wildman–Crippen LogP) is 4.61. The van der Waals surface area contributed by atoms with Crippen LogP contribution in [0.4, 0.5) is 0 Å². The number of ether oxygens (including phenoxy) is 1. The summed E-state index contributed by atoms with van der Waals surface area (Å²) in [5, 5.41) is 10.6. The molecule has 0 saturated heterocycles. The number of aliphatic hydroxyl groups excluding tert-OH is 1. The van der Waals surface area contributed by atoms with Gasteiger partial charge >= 0.3 is 0 Å². The Kier molecular flexibility index (Phi) is 5.10. The molecule has 0 aromatic rings. The van der Waals surface area contributed by atoms with E-state index in [2.05, 4.69) is 48.5 Å². The van der Waals surface area contributed by atoms with Crippen LogP contribution in [-0.4, -0.2) is 17.0 Å². The van der Waals surface area contributed by atoms with Crippen molar-refractivity contribution in [1.82, 2.24) is 0 Å². The highest BCUT2D eigenvalue weighted by Gasteiger charge is 2.47. The molecule has 110 valence electrons. The number of hydrogen-bond donors (Lipinski definition) is 1. The number of rotatable bonds is 3. The van der Waals surface area contributed by atoms with Gasteiger partial charge in [0.25, 0.3) is 0 Å². The van der Waals surface area contributed by atoms with Crippen LogP contribution < -0.4 is 0 Å². The van der Waals surface area contributed by atoms with Crippen molar-refractivity contribution in [2.45, 2.75) is 87.5 Å². The minimum Gasteiger partial charge on any atom is -0.367 e. The van der Waals surface area contributed by atoms with Crippen molar-refractivity contribution in [2.75, 3.05) is 0 Å². The first-order valence-electron chi connectivity index (χ1n) is 6.94. The van der Waals surface area contributed by atoms with E-state index in [1.54, 1.807) is 0 Å². The van der Waals surface area contributed by atoms with Crippen LogP contribution in [-0.2, 0) is 4.74 Å². The van der Waals surface area contributed by atoms with E-state index in [4.69, 9.17) is 4.74 Å². The molecule has 0 fully saturated rings. The summed E-state index contributed by atoms with van der Waals surface area (Å²) >= 11 is 0. The molecule has 0 aliphatic heterocycles. The van der Waals surface area contributed by atoms with Crippen molar-refractivity contribution in [1.29, 1.82) is 0 Å². The highest BCUT2D eigenvalue weighted by molar-refractivity contribution is 4.92. The zero-order chi connectivity index (χ0) is 15.0. The molecule has 0 aromatic carbocycles. The fourth-order valence-corrected chi connectivity index (χ4v) is 2.29. The summed E-state index contributed by atoms with van der Waals surface area (Å²) in [7, 11) is 0. The lowest BCUT2D eigenvalue weighted by molar-refractivity contribution is -0.250. The largest absolute Gasteiger partial charge is 0.367 e. The molecule has 2 unspecified atom stereocenters. The van der Waals surface area contributed by atoms with Gasteiger partial charge in [-0.05, 0) is 38.0 Å². The molecule has 2 atom stereocenters. The second-order valence-electron chi connectivity index (χ2n) is 8.99. The zero-order valence-corrected chi connectivity index (χ0v) is 14.1. The van der Waals surface area contributed by atoms with Gasteiger partial charge in [-0.25, -0.2) is 0 Å². The van der Waals surface area contributed by atoms with Gasteiger partial charge in [0.2, 0.25) is 0 Å². The quantitative estimate of drug-likeness (QED) is 0.749. The van der Waals surface area contributed by atoms with E-state index in [0.717, 1.165) is 6.42 Å². The Bertz CT molecular complexity index is 262. The zero-order valence-electron chi connectivity index (χ0n) is 14.1.